The van der Waals surface area contributed by atoms with Crippen LogP contribution in [0.4, 0.5) is 0 Å². The normalized spacial score (nSPS) is 10.4. The Bertz CT molecular complexity index is 302. The van der Waals surface area contributed by atoms with Gasteiger partial charge in [-0.15, -0.1) is 0 Å². The van der Waals surface area contributed by atoms with Gasteiger partial charge >= 0.3 is 0 Å². The minimum atomic E-state index is 0. The third kappa shape index (κ3) is 9.22. The fourth-order valence-corrected chi connectivity index (χ4v) is 2.18. The second kappa shape index (κ2) is 12.7. The van der Waals surface area contributed by atoms with Crippen LogP contribution in [0.25, 0.3) is 0 Å². The minimum Gasteiger partial charge on any atom is -1.00 e. The molecule has 1 aromatic heterocycles. The molecule has 0 aliphatic rings. The van der Waals surface area contributed by atoms with Crippen molar-refractivity contribution in [1.29, 1.82) is 0 Å². The van der Waals surface area contributed by atoms with Crippen molar-refractivity contribution in [3.63, 3.8) is 0 Å². The average molecular weight is 333 g/mol. The van der Waals surface area contributed by atoms with Crippen molar-refractivity contribution in [2.75, 3.05) is 6.61 Å². The number of aryl methyl sites for hydroxylation is 2. The zero-order valence-corrected chi connectivity index (χ0v) is 13.8. The predicted molar refractivity (Wildman–Crippen MR) is 74.3 cm³/mol. The summed E-state index contributed by atoms with van der Waals surface area (Å²) in [6.45, 7) is 4.84. The number of aliphatic hydroxyl groups excluding tert-OH is 1. The number of imidazole rings is 1. The number of aromatic nitrogens is 2. The number of unbranched alkanes of at least 4 members (excludes halogenated alkanes) is 6. The van der Waals surface area contributed by atoms with E-state index in [1.165, 1.54) is 38.5 Å². The molecular formula is C15H29BrN2O. The molecule has 4 heteroatoms. The number of halogens is 1. The first-order valence-corrected chi connectivity index (χ1v) is 7.52. The van der Waals surface area contributed by atoms with Crippen molar-refractivity contribution in [2.24, 2.45) is 0 Å². The molecule has 3 nitrogen and oxygen atoms in total. The number of aliphatic hydroxyl groups is 1. The van der Waals surface area contributed by atoms with E-state index in [9.17, 15) is 0 Å². The highest BCUT2D eigenvalue weighted by molar-refractivity contribution is 4.66. The van der Waals surface area contributed by atoms with Crippen LogP contribution in [0.2, 0.25) is 0 Å². The Morgan fingerprint density at radius 2 is 1.74 bits per heavy atom. The van der Waals surface area contributed by atoms with Gasteiger partial charge in [0.05, 0.1) is 13.1 Å². The summed E-state index contributed by atoms with van der Waals surface area (Å²) < 4.78 is 4.57. The fraction of sp³-hybridized carbons (Fsp3) is 0.800. The molecule has 0 spiro atoms. The maximum absolute atomic E-state index is 8.70. The van der Waals surface area contributed by atoms with Crippen molar-refractivity contribution in [2.45, 2.75) is 71.4 Å². The van der Waals surface area contributed by atoms with E-state index < -0.39 is 0 Å². The smallest absolute Gasteiger partial charge is 0.243 e. The molecule has 1 aromatic rings. The number of hydrogen-bond acceptors (Lipinski definition) is 1. The molecule has 0 saturated heterocycles. The van der Waals surface area contributed by atoms with E-state index in [-0.39, 0.29) is 17.0 Å². The number of nitrogens with zero attached hydrogens (tertiary/aromatic N) is 2. The summed E-state index contributed by atoms with van der Waals surface area (Å²) in [7, 11) is 0. The standard InChI is InChI=1S/C15H29N2O.BrH/c1-2-3-4-7-10-16-12-13-17(15-16)11-8-5-6-9-14-18;/h12-13,15,18H,2-11,14H2,1H3;1H/q+1;/p-1. The van der Waals surface area contributed by atoms with Gasteiger partial charge < -0.3 is 22.1 Å². The topological polar surface area (TPSA) is 29.0 Å². The molecule has 1 N–H and O–H groups in total. The Labute approximate surface area is 128 Å². The number of rotatable bonds is 11. The summed E-state index contributed by atoms with van der Waals surface area (Å²) in [5.41, 5.74) is 0. The molecular weight excluding hydrogens is 304 g/mol. The van der Waals surface area contributed by atoms with E-state index in [0.717, 1.165) is 25.9 Å². The lowest BCUT2D eigenvalue weighted by Crippen LogP contribution is -3.00. The van der Waals surface area contributed by atoms with Gasteiger partial charge in [-0.1, -0.05) is 26.2 Å². The van der Waals surface area contributed by atoms with Crippen LogP contribution in [-0.2, 0) is 13.1 Å². The molecule has 0 aromatic carbocycles. The summed E-state index contributed by atoms with van der Waals surface area (Å²) >= 11 is 0. The lowest BCUT2D eigenvalue weighted by Gasteiger charge is -1.98. The summed E-state index contributed by atoms with van der Waals surface area (Å²) in [5.74, 6) is 0. The van der Waals surface area contributed by atoms with Gasteiger partial charge in [-0.2, -0.15) is 0 Å². The van der Waals surface area contributed by atoms with Crippen LogP contribution in [0.15, 0.2) is 18.7 Å². The first-order valence-electron chi connectivity index (χ1n) is 7.52. The van der Waals surface area contributed by atoms with Crippen molar-refractivity contribution < 1.29 is 26.7 Å². The Balaban J connectivity index is 0.00000324. The Kier molecular flexibility index (Phi) is 12.4. The van der Waals surface area contributed by atoms with Gasteiger partial charge in [-0.05, 0) is 32.1 Å². The van der Waals surface area contributed by atoms with Crippen molar-refractivity contribution in [3.05, 3.63) is 18.7 Å². The summed E-state index contributed by atoms with van der Waals surface area (Å²) in [6.07, 6.45) is 16.4. The van der Waals surface area contributed by atoms with Crippen LogP contribution < -0.4 is 21.5 Å². The highest BCUT2D eigenvalue weighted by atomic mass is 79.9. The lowest BCUT2D eigenvalue weighted by atomic mass is 10.2. The van der Waals surface area contributed by atoms with Gasteiger partial charge in [0.1, 0.15) is 12.4 Å². The van der Waals surface area contributed by atoms with Crippen LogP contribution in [0, 0.1) is 0 Å². The van der Waals surface area contributed by atoms with E-state index in [1.807, 2.05) is 0 Å². The summed E-state index contributed by atoms with van der Waals surface area (Å²) in [4.78, 5) is 0. The molecule has 0 amide bonds. The molecule has 0 aliphatic heterocycles. The molecule has 19 heavy (non-hydrogen) atoms. The van der Waals surface area contributed by atoms with Crippen LogP contribution in [0.5, 0.6) is 0 Å². The molecule has 0 radical (unpaired) electrons. The average Bonchev–Trinajstić information content (AvgIpc) is 2.82. The lowest BCUT2D eigenvalue weighted by molar-refractivity contribution is -0.696. The van der Waals surface area contributed by atoms with Crippen LogP contribution >= 0.6 is 0 Å². The van der Waals surface area contributed by atoms with Crippen LogP contribution in [-0.4, -0.2) is 16.3 Å². The zero-order chi connectivity index (χ0) is 13.1. The summed E-state index contributed by atoms with van der Waals surface area (Å²) in [5, 5.41) is 8.70. The van der Waals surface area contributed by atoms with E-state index in [1.54, 1.807) is 0 Å². The third-order valence-electron chi connectivity index (χ3n) is 3.34. The Morgan fingerprint density at radius 3 is 2.47 bits per heavy atom. The highest BCUT2D eigenvalue weighted by Gasteiger charge is 2.02. The predicted octanol–water partition coefficient (Wildman–Crippen LogP) is -0.0874. The largest absolute Gasteiger partial charge is 1.00 e. The van der Waals surface area contributed by atoms with Gasteiger partial charge in [0.15, 0.2) is 0 Å². The Morgan fingerprint density at radius 1 is 1.00 bits per heavy atom. The minimum absolute atomic E-state index is 0. The third-order valence-corrected chi connectivity index (χ3v) is 3.34. The molecule has 112 valence electrons. The molecule has 1 rings (SSSR count). The first kappa shape index (κ1) is 18.7. The molecule has 0 unspecified atom stereocenters. The van der Waals surface area contributed by atoms with Gasteiger partial charge in [0, 0.05) is 6.61 Å². The molecule has 0 saturated carbocycles. The highest BCUT2D eigenvalue weighted by Crippen LogP contribution is 2.02. The zero-order valence-electron chi connectivity index (χ0n) is 12.2. The molecule has 0 fully saturated rings. The SMILES string of the molecule is CCCCCCn1cc[n+](CCCCCCO)c1.[Br-]. The quantitative estimate of drug-likeness (QED) is 0.445. The van der Waals surface area contributed by atoms with Gasteiger partial charge in [-0.3, -0.25) is 0 Å². The second-order valence-corrected chi connectivity index (χ2v) is 5.09. The second-order valence-electron chi connectivity index (χ2n) is 5.09. The maximum atomic E-state index is 8.70. The molecule has 0 bridgehead atoms. The summed E-state index contributed by atoms with van der Waals surface area (Å²) in [6, 6.07) is 0. The fourth-order valence-electron chi connectivity index (χ4n) is 2.18. The van der Waals surface area contributed by atoms with Gasteiger partial charge in [0.2, 0.25) is 6.33 Å². The van der Waals surface area contributed by atoms with Crippen molar-refractivity contribution in [3.8, 4) is 0 Å². The van der Waals surface area contributed by atoms with E-state index in [0.29, 0.717) is 6.61 Å². The van der Waals surface area contributed by atoms with Crippen molar-refractivity contribution >= 4 is 0 Å². The molecule has 0 aliphatic carbocycles. The maximum Gasteiger partial charge on any atom is 0.243 e. The van der Waals surface area contributed by atoms with Gasteiger partial charge in [0.25, 0.3) is 0 Å². The van der Waals surface area contributed by atoms with Crippen LogP contribution in [0.3, 0.4) is 0 Å². The Hall–Kier alpha value is -0.350. The van der Waals surface area contributed by atoms with Crippen molar-refractivity contribution in [1.82, 2.24) is 4.57 Å². The van der Waals surface area contributed by atoms with Gasteiger partial charge in [-0.25, -0.2) is 9.13 Å². The van der Waals surface area contributed by atoms with Crippen LogP contribution in [0.1, 0.15) is 58.3 Å². The first-order chi connectivity index (χ1) is 8.86. The monoisotopic (exact) mass is 332 g/mol. The van der Waals surface area contributed by atoms with E-state index >= 15 is 0 Å². The van der Waals surface area contributed by atoms with E-state index in [4.69, 9.17) is 5.11 Å². The molecule has 1 heterocycles. The van der Waals surface area contributed by atoms with E-state index in [2.05, 4.69) is 34.8 Å². The number of hydrogen-bond donors (Lipinski definition) is 1. The molecule has 0 atom stereocenters.